The summed E-state index contributed by atoms with van der Waals surface area (Å²) in [6, 6.07) is 0. The van der Waals surface area contributed by atoms with Gasteiger partial charge in [0.2, 0.25) is 20.0 Å². The van der Waals surface area contributed by atoms with E-state index in [1.165, 1.54) is 21.0 Å². The van der Waals surface area contributed by atoms with Gasteiger partial charge in [0.25, 0.3) is 0 Å². The number of hydrogen-bond acceptors (Lipinski definition) is 7. The molecule has 1 heterocycles. The summed E-state index contributed by atoms with van der Waals surface area (Å²) in [6.45, 7) is 3.34. The van der Waals surface area contributed by atoms with Crippen molar-refractivity contribution in [2.45, 2.75) is 18.7 Å². The van der Waals surface area contributed by atoms with Crippen LogP contribution in [0.15, 0.2) is 9.42 Å². The molecule has 0 saturated heterocycles. The van der Waals surface area contributed by atoms with E-state index < -0.39 is 20.0 Å². The Morgan fingerprint density at radius 1 is 1.23 bits per heavy atom. The van der Waals surface area contributed by atoms with Gasteiger partial charge in [-0.25, -0.2) is 21.6 Å². The van der Waals surface area contributed by atoms with Gasteiger partial charge in [-0.05, 0) is 13.8 Å². The van der Waals surface area contributed by atoms with Crippen molar-refractivity contribution in [2.75, 3.05) is 39.6 Å². The highest BCUT2D eigenvalue weighted by Crippen LogP contribution is 2.18. The lowest BCUT2D eigenvalue weighted by atomic mass is 10.4. The van der Waals surface area contributed by atoms with Gasteiger partial charge in [-0.3, -0.25) is 0 Å². The molecule has 1 aromatic heterocycles. The molecule has 0 unspecified atom stereocenters. The average Bonchev–Trinajstić information content (AvgIpc) is 2.72. The lowest BCUT2D eigenvalue weighted by Gasteiger charge is -2.19. The van der Waals surface area contributed by atoms with E-state index in [0.717, 1.165) is 10.6 Å². The second-order valence-corrected chi connectivity index (χ2v) is 8.39. The third kappa shape index (κ3) is 5.02. The van der Waals surface area contributed by atoms with Crippen molar-refractivity contribution >= 4 is 20.0 Å². The normalized spacial score (nSPS) is 13.0. The van der Waals surface area contributed by atoms with Crippen LogP contribution >= 0.6 is 0 Å². The van der Waals surface area contributed by atoms with E-state index in [2.05, 4.69) is 9.88 Å². The predicted octanol–water partition coefficient (Wildman–Crippen LogP) is -0.522. The van der Waals surface area contributed by atoms with Crippen LogP contribution in [0.1, 0.15) is 11.5 Å². The Labute approximate surface area is 130 Å². The highest BCUT2D eigenvalue weighted by molar-refractivity contribution is 7.89. The number of methoxy groups -OCH3 is 1. The number of rotatable bonds is 9. The Morgan fingerprint density at radius 2 is 1.86 bits per heavy atom. The number of nitrogens with zero attached hydrogens (tertiary/aromatic N) is 2. The van der Waals surface area contributed by atoms with Crippen LogP contribution in [0.25, 0.3) is 0 Å². The van der Waals surface area contributed by atoms with Gasteiger partial charge in [0, 0.05) is 26.7 Å². The van der Waals surface area contributed by atoms with Crippen LogP contribution in [-0.4, -0.2) is 65.9 Å². The summed E-state index contributed by atoms with van der Waals surface area (Å²) >= 11 is 0. The number of ether oxygens (including phenoxy) is 1. The van der Waals surface area contributed by atoms with Crippen molar-refractivity contribution in [3.8, 4) is 0 Å². The number of hydrogen-bond donors (Lipinski definition) is 1. The molecule has 0 aliphatic heterocycles. The Morgan fingerprint density at radius 3 is 2.32 bits per heavy atom. The van der Waals surface area contributed by atoms with Crippen LogP contribution in [0.2, 0.25) is 0 Å². The first-order valence-electron chi connectivity index (χ1n) is 6.46. The predicted molar refractivity (Wildman–Crippen MR) is 79.5 cm³/mol. The fraction of sp³-hybridized carbons (Fsp3) is 0.727. The minimum absolute atomic E-state index is 0.00476. The zero-order valence-corrected chi connectivity index (χ0v) is 14.6. The first-order chi connectivity index (χ1) is 10.1. The minimum atomic E-state index is -3.80. The van der Waals surface area contributed by atoms with Crippen molar-refractivity contribution in [2.24, 2.45) is 0 Å². The fourth-order valence-electron chi connectivity index (χ4n) is 1.87. The molecule has 0 aromatic carbocycles. The number of aromatic nitrogens is 1. The van der Waals surface area contributed by atoms with Gasteiger partial charge in [0.1, 0.15) is 10.6 Å². The molecule has 0 aliphatic carbocycles. The van der Waals surface area contributed by atoms with Gasteiger partial charge in [0.15, 0.2) is 5.76 Å². The maximum atomic E-state index is 12.2. The van der Waals surface area contributed by atoms with Crippen molar-refractivity contribution in [3.05, 3.63) is 11.5 Å². The Hall–Kier alpha value is -1.01. The van der Waals surface area contributed by atoms with Crippen molar-refractivity contribution in [1.29, 1.82) is 0 Å². The first-order valence-corrected chi connectivity index (χ1v) is 9.79. The molecule has 0 saturated carbocycles. The van der Waals surface area contributed by atoms with Gasteiger partial charge in [0.05, 0.1) is 12.9 Å². The van der Waals surface area contributed by atoms with Crippen LogP contribution in [-0.2, 0) is 24.8 Å². The topological polar surface area (TPSA) is 119 Å². The van der Waals surface area contributed by atoms with Gasteiger partial charge in [-0.2, -0.15) is 4.31 Å². The zero-order valence-electron chi connectivity index (χ0n) is 13.0. The van der Waals surface area contributed by atoms with Crippen LogP contribution in [0.3, 0.4) is 0 Å². The second-order valence-electron chi connectivity index (χ2n) is 4.71. The third-order valence-corrected chi connectivity index (χ3v) is 5.91. The molecule has 0 radical (unpaired) electrons. The second kappa shape index (κ2) is 7.51. The largest absolute Gasteiger partial charge is 0.383 e. The average molecular weight is 355 g/mol. The number of nitrogens with one attached hydrogen (secondary N) is 1. The van der Waals surface area contributed by atoms with Gasteiger partial charge >= 0.3 is 0 Å². The highest BCUT2D eigenvalue weighted by Gasteiger charge is 2.24. The smallest absolute Gasteiger partial charge is 0.246 e. The van der Waals surface area contributed by atoms with E-state index in [9.17, 15) is 16.8 Å². The SMILES string of the molecule is COCCN(CCNS(=O)(=O)c1c(C)noc1C)S(C)(=O)=O. The molecule has 9 nitrogen and oxygen atoms in total. The van der Waals surface area contributed by atoms with Crippen molar-refractivity contribution in [3.63, 3.8) is 0 Å². The van der Waals surface area contributed by atoms with Crippen molar-refractivity contribution < 1.29 is 26.1 Å². The molecule has 1 rings (SSSR count). The van der Waals surface area contributed by atoms with E-state index >= 15 is 0 Å². The maximum Gasteiger partial charge on any atom is 0.246 e. The zero-order chi connectivity index (χ0) is 17.0. The maximum absolute atomic E-state index is 12.2. The first kappa shape index (κ1) is 19.0. The number of sulfonamides is 2. The summed E-state index contributed by atoms with van der Waals surface area (Å²) in [4.78, 5) is -0.0182. The Kier molecular flexibility index (Phi) is 6.50. The summed E-state index contributed by atoms with van der Waals surface area (Å²) in [5.41, 5.74) is 0.254. The molecule has 0 aliphatic rings. The Bertz CT molecular complexity index is 676. The molecule has 1 aromatic rings. The van der Waals surface area contributed by atoms with E-state index in [-0.39, 0.29) is 42.6 Å². The lowest BCUT2D eigenvalue weighted by Crippen LogP contribution is -2.39. The minimum Gasteiger partial charge on any atom is -0.383 e. The summed E-state index contributed by atoms with van der Waals surface area (Å²) in [5.74, 6) is 0.185. The van der Waals surface area contributed by atoms with E-state index in [1.54, 1.807) is 0 Å². The molecule has 128 valence electrons. The quantitative estimate of drug-likeness (QED) is 0.633. The van der Waals surface area contributed by atoms with E-state index in [0.29, 0.717) is 0 Å². The Balaban J connectivity index is 2.72. The number of aryl methyl sites for hydroxylation is 2. The molecular weight excluding hydrogens is 334 g/mol. The van der Waals surface area contributed by atoms with Gasteiger partial charge in [-0.15, -0.1) is 0 Å². The van der Waals surface area contributed by atoms with Crippen LogP contribution in [0, 0.1) is 13.8 Å². The standard InChI is InChI=1S/C11H21N3O6S2/c1-9-11(10(2)20-13-9)22(17,18)12-5-6-14(7-8-19-3)21(4,15)16/h12H,5-8H2,1-4H3. The molecule has 11 heteroatoms. The van der Waals surface area contributed by atoms with Crippen LogP contribution in [0.4, 0.5) is 0 Å². The summed E-state index contributed by atoms with van der Waals surface area (Å²) < 4.78 is 60.7. The molecule has 0 bridgehead atoms. The molecular formula is C11H21N3O6S2. The molecule has 0 amide bonds. The molecule has 0 spiro atoms. The molecule has 0 atom stereocenters. The monoisotopic (exact) mass is 355 g/mol. The van der Waals surface area contributed by atoms with Crippen molar-refractivity contribution in [1.82, 2.24) is 14.2 Å². The summed E-state index contributed by atoms with van der Waals surface area (Å²) in [5, 5.41) is 3.59. The summed E-state index contributed by atoms with van der Waals surface area (Å²) in [7, 11) is -5.78. The third-order valence-electron chi connectivity index (χ3n) is 2.90. The van der Waals surface area contributed by atoms with Gasteiger partial charge in [-0.1, -0.05) is 5.16 Å². The molecule has 1 N–H and O–H groups in total. The van der Waals surface area contributed by atoms with E-state index in [4.69, 9.17) is 9.26 Å². The fourth-order valence-corrected chi connectivity index (χ4v) is 4.05. The van der Waals surface area contributed by atoms with Crippen LogP contribution in [0.5, 0.6) is 0 Å². The lowest BCUT2D eigenvalue weighted by molar-refractivity contribution is 0.179. The molecule has 22 heavy (non-hydrogen) atoms. The molecule has 0 fully saturated rings. The van der Waals surface area contributed by atoms with Gasteiger partial charge < -0.3 is 9.26 Å². The van der Waals surface area contributed by atoms with E-state index in [1.807, 2.05) is 0 Å². The highest BCUT2D eigenvalue weighted by atomic mass is 32.2. The van der Waals surface area contributed by atoms with Crippen LogP contribution < -0.4 is 4.72 Å². The summed E-state index contributed by atoms with van der Waals surface area (Å²) in [6.07, 6.45) is 1.06.